The molecule has 1 aliphatic rings. The number of piperazine rings is 1. The number of aryl methyl sites for hydroxylation is 1. The Morgan fingerprint density at radius 1 is 1.00 bits per heavy atom. The SMILES string of the molecule is Cc1ccc2c(-c3ncc4c(N5CCNCC5)ncnc4c3F)cccc2c1. The zero-order valence-electron chi connectivity index (χ0n) is 15.6. The molecular formula is C22H20FN5. The summed E-state index contributed by atoms with van der Waals surface area (Å²) in [5.74, 6) is 0.349. The van der Waals surface area contributed by atoms with Crippen molar-refractivity contribution in [1.29, 1.82) is 0 Å². The Bertz CT molecular complexity index is 1180. The monoisotopic (exact) mass is 373 g/mol. The van der Waals surface area contributed by atoms with Gasteiger partial charge in [-0.2, -0.15) is 0 Å². The summed E-state index contributed by atoms with van der Waals surface area (Å²) in [5, 5.41) is 6.03. The Labute approximate surface area is 162 Å². The minimum Gasteiger partial charge on any atom is -0.353 e. The quantitative estimate of drug-likeness (QED) is 0.581. The third-order valence-corrected chi connectivity index (χ3v) is 5.31. The summed E-state index contributed by atoms with van der Waals surface area (Å²) in [6.07, 6.45) is 3.15. The summed E-state index contributed by atoms with van der Waals surface area (Å²) in [5.41, 5.74) is 2.59. The predicted octanol–water partition coefficient (Wildman–Crippen LogP) is 3.70. The number of pyridine rings is 1. The molecule has 0 aliphatic carbocycles. The molecule has 5 nitrogen and oxygen atoms in total. The van der Waals surface area contributed by atoms with Crippen LogP contribution in [0.4, 0.5) is 10.2 Å². The van der Waals surface area contributed by atoms with E-state index < -0.39 is 5.82 Å². The number of nitrogens with one attached hydrogen (secondary N) is 1. The molecule has 1 fully saturated rings. The number of hydrogen-bond donors (Lipinski definition) is 1. The molecule has 1 aliphatic heterocycles. The number of rotatable bonds is 2. The van der Waals surface area contributed by atoms with Gasteiger partial charge in [0.2, 0.25) is 0 Å². The number of anilines is 1. The van der Waals surface area contributed by atoms with Crippen LogP contribution in [-0.4, -0.2) is 41.1 Å². The Morgan fingerprint density at radius 2 is 1.86 bits per heavy atom. The van der Waals surface area contributed by atoms with E-state index in [0.717, 1.165) is 48.3 Å². The standard InChI is InChI=1S/C22H20FN5/c1-14-5-6-16-15(11-14)3-2-4-17(16)20-19(23)21-18(12-25-20)22(27-13-26-21)28-9-7-24-8-10-28/h2-6,11-13,24H,7-10H2,1H3. The van der Waals surface area contributed by atoms with E-state index in [1.165, 1.54) is 11.9 Å². The zero-order chi connectivity index (χ0) is 19.1. The first kappa shape index (κ1) is 17.0. The first-order valence-electron chi connectivity index (χ1n) is 9.47. The molecule has 0 atom stereocenters. The molecule has 4 aromatic rings. The van der Waals surface area contributed by atoms with E-state index >= 15 is 4.39 Å². The zero-order valence-corrected chi connectivity index (χ0v) is 15.6. The summed E-state index contributed by atoms with van der Waals surface area (Å²) >= 11 is 0. The van der Waals surface area contributed by atoms with Gasteiger partial charge in [-0.1, -0.05) is 42.0 Å². The number of nitrogens with zero attached hydrogens (tertiary/aromatic N) is 4. The fraction of sp³-hybridized carbons (Fsp3) is 0.227. The molecule has 0 radical (unpaired) electrons. The lowest BCUT2D eigenvalue weighted by Gasteiger charge is -2.29. The lowest BCUT2D eigenvalue weighted by atomic mass is 9.99. The molecule has 5 rings (SSSR count). The minimum atomic E-state index is -0.399. The van der Waals surface area contributed by atoms with Crippen LogP contribution in [-0.2, 0) is 0 Å². The molecule has 2 aromatic carbocycles. The number of aromatic nitrogens is 3. The molecule has 3 heterocycles. The second-order valence-corrected chi connectivity index (χ2v) is 7.15. The summed E-state index contributed by atoms with van der Waals surface area (Å²) in [6, 6.07) is 12.0. The normalized spacial score (nSPS) is 14.7. The van der Waals surface area contributed by atoms with Gasteiger partial charge < -0.3 is 10.2 Å². The number of halogens is 1. The first-order valence-corrected chi connectivity index (χ1v) is 9.47. The van der Waals surface area contributed by atoms with E-state index in [-0.39, 0.29) is 0 Å². The van der Waals surface area contributed by atoms with Crippen molar-refractivity contribution in [2.45, 2.75) is 6.92 Å². The van der Waals surface area contributed by atoms with E-state index in [4.69, 9.17) is 0 Å². The van der Waals surface area contributed by atoms with E-state index in [2.05, 4.69) is 38.2 Å². The Morgan fingerprint density at radius 3 is 2.71 bits per heavy atom. The van der Waals surface area contributed by atoms with Crippen molar-refractivity contribution in [3.63, 3.8) is 0 Å². The molecule has 140 valence electrons. The molecule has 1 saturated heterocycles. The van der Waals surface area contributed by atoms with Crippen LogP contribution in [0, 0.1) is 12.7 Å². The van der Waals surface area contributed by atoms with Gasteiger partial charge in [0.15, 0.2) is 5.82 Å². The Balaban J connectivity index is 1.69. The van der Waals surface area contributed by atoms with Gasteiger partial charge in [0.05, 0.1) is 5.39 Å². The van der Waals surface area contributed by atoms with Crippen LogP contribution in [0.25, 0.3) is 32.9 Å². The molecule has 0 amide bonds. The third kappa shape index (κ3) is 2.77. The van der Waals surface area contributed by atoms with Gasteiger partial charge in [-0.15, -0.1) is 0 Å². The Kier molecular flexibility index (Phi) is 4.13. The average molecular weight is 373 g/mol. The molecule has 0 saturated carbocycles. The number of fused-ring (bicyclic) bond motifs is 2. The van der Waals surface area contributed by atoms with Crippen LogP contribution in [0.15, 0.2) is 48.9 Å². The van der Waals surface area contributed by atoms with Gasteiger partial charge in [-0.3, -0.25) is 4.98 Å². The van der Waals surface area contributed by atoms with Crippen molar-refractivity contribution in [3.8, 4) is 11.3 Å². The van der Waals surface area contributed by atoms with Crippen LogP contribution < -0.4 is 10.2 Å². The maximum atomic E-state index is 15.5. The summed E-state index contributed by atoms with van der Waals surface area (Å²) in [6.45, 7) is 5.48. The van der Waals surface area contributed by atoms with Crippen molar-refractivity contribution < 1.29 is 4.39 Å². The lowest BCUT2D eigenvalue weighted by molar-refractivity contribution is 0.585. The van der Waals surface area contributed by atoms with Gasteiger partial charge >= 0.3 is 0 Å². The van der Waals surface area contributed by atoms with Gasteiger partial charge in [0.25, 0.3) is 0 Å². The van der Waals surface area contributed by atoms with Gasteiger partial charge in [0.1, 0.15) is 23.4 Å². The highest BCUT2D eigenvalue weighted by Gasteiger charge is 2.20. The molecule has 6 heteroatoms. The van der Waals surface area contributed by atoms with Crippen molar-refractivity contribution in [3.05, 3.63) is 60.3 Å². The van der Waals surface area contributed by atoms with Crippen LogP contribution in [0.2, 0.25) is 0 Å². The molecule has 0 unspecified atom stereocenters. The predicted molar refractivity (Wildman–Crippen MR) is 110 cm³/mol. The number of benzene rings is 2. The van der Waals surface area contributed by atoms with Crippen LogP contribution in [0.3, 0.4) is 0 Å². The van der Waals surface area contributed by atoms with E-state index in [0.29, 0.717) is 16.6 Å². The maximum Gasteiger partial charge on any atom is 0.175 e. The molecular weight excluding hydrogens is 353 g/mol. The Hall–Kier alpha value is -3.12. The largest absolute Gasteiger partial charge is 0.353 e. The van der Waals surface area contributed by atoms with Crippen molar-refractivity contribution in [2.24, 2.45) is 0 Å². The van der Waals surface area contributed by atoms with Crippen LogP contribution >= 0.6 is 0 Å². The fourth-order valence-electron chi connectivity index (χ4n) is 3.90. The smallest absolute Gasteiger partial charge is 0.175 e. The molecule has 1 N–H and O–H groups in total. The highest BCUT2D eigenvalue weighted by Crippen LogP contribution is 2.33. The van der Waals surface area contributed by atoms with Crippen LogP contribution in [0.1, 0.15) is 5.56 Å². The molecule has 0 bridgehead atoms. The molecule has 28 heavy (non-hydrogen) atoms. The van der Waals surface area contributed by atoms with Crippen molar-refractivity contribution in [2.75, 3.05) is 31.1 Å². The van der Waals surface area contributed by atoms with Gasteiger partial charge in [-0.05, 0) is 17.7 Å². The fourth-order valence-corrected chi connectivity index (χ4v) is 3.90. The second kappa shape index (κ2) is 6.80. The van der Waals surface area contributed by atoms with E-state index in [1.54, 1.807) is 6.20 Å². The third-order valence-electron chi connectivity index (χ3n) is 5.31. The highest BCUT2D eigenvalue weighted by molar-refractivity contribution is 5.99. The van der Waals surface area contributed by atoms with Gasteiger partial charge in [0, 0.05) is 37.9 Å². The highest BCUT2D eigenvalue weighted by atomic mass is 19.1. The summed E-state index contributed by atoms with van der Waals surface area (Å²) in [4.78, 5) is 15.3. The second-order valence-electron chi connectivity index (χ2n) is 7.15. The van der Waals surface area contributed by atoms with Crippen LogP contribution in [0.5, 0.6) is 0 Å². The minimum absolute atomic E-state index is 0.317. The molecule has 0 spiro atoms. The summed E-state index contributed by atoms with van der Waals surface area (Å²) < 4.78 is 15.5. The number of hydrogen-bond acceptors (Lipinski definition) is 5. The average Bonchev–Trinajstić information content (AvgIpc) is 2.74. The molecule has 2 aromatic heterocycles. The topological polar surface area (TPSA) is 53.9 Å². The van der Waals surface area contributed by atoms with Gasteiger partial charge in [-0.25, -0.2) is 14.4 Å². The van der Waals surface area contributed by atoms with Crippen molar-refractivity contribution in [1.82, 2.24) is 20.3 Å². The summed E-state index contributed by atoms with van der Waals surface area (Å²) in [7, 11) is 0. The van der Waals surface area contributed by atoms with Crippen molar-refractivity contribution >= 4 is 27.5 Å². The first-order chi connectivity index (χ1) is 13.7. The van der Waals surface area contributed by atoms with E-state index in [9.17, 15) is 0 Å². The van der Waals surface area contributed by atoms with E-state index in [1.807, 2.05) is 30.3 Å². The maximum absolute atomic E-state index is 15.5. The lowest BCUT2D eigenvalue weighted by Crippen LogP contribution is -2.44.